The second kappa shape index (κ2) is 5.06. The van der Waals surface area contributed by atoms with Crippen molar-refractivity contribution in [2.45, 2.75) is 37.8 Å². The number of nitrogens with one attached hydrogen (secondary N) is 1. The van der Waals surface area contributed by atoms with Crippen LogP contribution in [0, 0.1) is 0 Å². The second-order valence-corrected chi connectivity index (χ2v) is 5.21. The Morgan fingerprint density at radius 2 is 2.28 bits per heavy atom. The molecule has 2 fully saturated rings. The van der Waals surface area contributed by atoms with Crippen LogP contribution in [0.4, 0.5) is 0 Å². The molecule has 2 atom stereocenters. The highest BCUT2D eigenvalue weighted by Gasteiger charge is 2.36. The summed E-state index contributed by atoms with van der Waals surface area (Å²) in [5, 5.41) is 3.17. The van der Waals surface area contributed by atoms with E-state index in [4.69, 9.17) is 0 Å². The lowest BCUT2D eigenvalue weighted by atomic mass is 9.99. The Balaban J connectivity index is 1.65. The number of hydrogen-bond donors (Lipinski definition) is 1. The average Bonchev–Trinajstić information content (AvgIpc) is 2.83. The molecule has 3 rings (SSSR count). The molecule has 1 aromatic heterocycles. The summed E-state index contributed by atoms with van der Waals surface area (Å²) in [6.45, 7) is 2.33. The maximum atomic E-state index is 12.1. The van der Waals surface area contributed by atoms with Gasteiger partial charge in [0.05, 0.1) is 5.56 Å². The molecule has 2 aliphatic heterocycles. The number of carbonyl (C=O) groups is 1. The number of piperidine rings is 1. The lowest BCUT2D eigenvalue weighted by Crippen LogP contribution is -2.46. The first-order valence-corrected chi connectivity index (χ1v) is 6.79. The highest BCUT2D eigenvalue weighted by Crippen LogP contribution is 2.27. The van der Waals surface area contributed by atoms with Crippen LogP contribution in [-0.2, 0) is 0 Å². The van der Waals surface area contributed by atoms with Gasteiger partial charge in [0, 0.05) is 31.0 Å². The summed E-state index contributed by atoms with van der Waals surface area (Å²) >= 11 is 0. The maximum Gasteiger partial charge on any atom is 0.253 e. The zero-order valence-electron chi connectivity index (χ0n) is 10.5. The fraction of sp³-hybridized carbons (Fsp3) is 0.571. The van der Waals surface area contributed by atoms with Crippen molar-refractivity contribution in [1.82, 2.24) is 15.2 Å². The number of hydrogen-bond acceptors (Lipinski definition) is 3. The van der Waals surface area contributed by atoms with Gasteiger partial charge in [-0.25, -0.2) is 0 Å². The van der Waals surface area contributed by atoms with Crippen LogP contribution >= 0.6 is 0 Å². The lowest BCUT2D eigenvalue weighted by Gasteiger charge is -2.32. The fourth-order valence-electron chi connectivity index (χ4n) is 3.16. The van der Waals surface area contributed by atoms with Gasteiger partial charge in [0.1, 0.15) is 0 Å². The molecule has 0 spiro atoms. The third kappa shape index (κ3) is 2.25. The molecule has 1 aromatic rings. The van der Waals surface area contributed by atoms with Crippen molar-refractivity contribution in [2.24, 2.45) is 0 Å². The number of nitrogens with zero attached hydrogens (tertiary/aromatic N) is 2. The third-order valence-corrected chi connectivity index (χ3v) is 4.10. The molecule has 4 nitrogen and oxygen atoms in total. The van der Waals surface area contributed by atoms with E-state index in [9.17, 15) is 4.79 Å². The molecule has 3 heterocycles. The van der Waals surface area contributed by atoms with Gasteiger partial charge in [-0.3, -0.25) is 14.7 Å². The summed E-state index contributed by atoms with van der Waals surface area (Å²) in [7, 11) is 0. The van der Waals surface area contributed by atoms with E-state index in [2.05, 4.69) is 15.2 Å². The molecule has 0 unspecified atom stereocenters. The summed E-state index contributed by atoms with van der Waals surface area (Å²) in [4.78, 5) is 18.6. The van der Waals surface area contributed by atoms with E-state index in [1.165, 1.54) is 25.8 Å². The lowest BCUT2D eigenvalue weighted by molar-refractivity contribution is 0.0915. The Morgan fingerprint density at radius 3 is 3.11 bits per heavy atom. The quantitative estimate of drug-likeness (QED) is 0.857. The van der Waals surface area contributed by atoms with E-state index in [0.717, 1.165) is 13.0 Å². The van der Waals surface area contributed by atoms with Crippen LogP contribution in [0.5, 0.6) is 0 Å². The Bertz CT molecular complexity index is 420. The number of fused-ring (bicyclic) bond motifs is 1. The van der Waals surface area contributed by atoms with Crippen LogP contribution in [0.3, 0.4) is 0 Å². The van der Waals surface area contributed by atoms with Gasteiger partial charge in [0.2, 0.25) is 0 Å². The Kier molecular flexibility index (Phi) is 3.28. The van der Waals surface area contributed by atoms with Gasteiger partial charge in [-0.2, -0.15) is 0 Å². The Labute approximate surface area is 107 Å². The molecule has 1 amide bonds. The zero-order valence-corrected chi connectivity index (χ0v) is 10.5. The van der Waals surface area contributed by atoms with Gasteiger partial charge >= 0.3 is 0 Å². The van der Waals surface area contributed by atoms with Gasteiger partial charge in [-0.15, -0.1) is 0 Å². The fourth-order valence-corrected chi connectivity index (χ4v) is 3.16. The van der Waals surface area contributed by atoms with Gasteiger partial charge in [0.25, 0.3) is 5.91 Å². The maximum absolute atomic E-state index is 12.1. The minimum absolute atomic E-state index is 0.0144. The van der Waals surface area contributed by atoms with Crippen molar-refractivity contribution in [1.29, 1.82) is 0 Å². The van der Waals surface area contributed by atoms with Crippen molar-refractivity contribution in [2.75, 3.05) is 13.1 Å². The zero-order chi connectivity index (χ0) is 12.4. The summed E-state index contributed by atoms with van der Waals surface area (Å²) in [6.07, 6.45) is 8.22. The van der Waals surface area contributed by atoms with Crippen LogP contribution < -0.4 is 5.32 Å². The van der Waals surface area contributed by atoms with E-state index < -0.39 is 0 Å². The highest BCUT2D eigenvalue weighted by molar-refractivity contribution is 5.94. The molecule has 96 valence electrons. The number of carbonyl (C=O) groups excluding carboxylic acids is 1. The van der Waals surface area contributed by atoms with E-state index in [1.54, 1.807) is 18.5 Å². The minimum atomic E-state index is 0.0144. The largest absolute Gasteiger partial charge is 0.348 e. The molecule has 4 heteroatoms. The van der Waals surface area contributed by atoms with Crippen molar-refractivity contribution < 1.29 is 4.79 Å². The monoisotopic (exact) mass is 245 g/mol. The van der Waals surface area contributed by atoms with Gasteiger partial charge in [0.15, 0.2) is 0 Å². The predicted octanol–water partition coefficient (Wildman–Crippen LogP) is 1.44. The smallest absolute Gasteiger partial charge is 0.253 e. The van der Waals surface area contributed by atoms with E-state index in [1.807, 2.05) is 6.07 Å². The number of pyridine rings is 1. The van der Waals surface area contributed by atoms with Gasteiger partial charge in [-0.1, -0.05) is 6.42 Å². The molecular weight excluding hydrogens is 226 g/mol. The Morgan fingerprint density at radius 1 is 1.33 bits per heavy atom. The number of rotatable bonds is 2. The molecular formula is C14H19N3O. The highest BCUT2D eigenvalue weighted by atomic mass is 16.1. The van der Waals surface area contributed by atoms with Gasteiger partial charge < -0.3 is 5.32 Å². The first-order chi connectivity index (χ1) is 8.84. The van der Waals surface area contributed by atoms with Crippen LogP contribution in [0.2, 0.25) is 0 Å². The predicted molar refractivity (Wildman–Crippen MR) is 69.3 cm³/mol. The molecule has 18 heavy (non-hydrogen) atoms. The molecule has 2 aliphatic rings. The van der Waals surface area contributed by atoms with Crippen LogP contribution in [0.1, 0.15) is 36.0 Å². The molecule has 0 radical (unpaired) electrons. The van der Waals surface area contributed by atoms with Crippen LogP contribution in [0.15, 0.2) is 24.5 Å². The van der Waals surface area contributed by atoms with Crippen molar-refractivity contribution in [3.8, 4) is 0 Å². The SMILES string of the molecule is O=C(N[C@@H]1CCN2CCCC[C@@H]12)c1cccnc1. The minimum Gasteiger partial charge on any atom is -0.348 e. The van der Waals surface area contributed by atoms with Crippen LogP contribution in [0.25, 0.3) is 0 Å². The molecule has 0 bridgehead atoms. The molecule has 1 N–H and O–H groups in total. The van der Waals surface area contributed by atoms with Crippen molar-refractivity contribution >= 4 is 5.91 Å². The first kappa shape index (κ1) is 11.7. The first-order valence-electron chi connectivity index (χ1n) is 6.79. The van der Waals surface area contributed by atoms with E-state index >= 15 is 0 Å². The molecule has 0 aliphatic carbocycles. The third-order valence-electron chi connectivity index (χ3n) is 4.10. The number of aromatic nitrogens is 1. The normalized spacial score (nSPS) is 27.8. The van der Waals surface area contributed by atoms with Crippen molar-refractivity contribution in [3.05, 3.63) is 30.1 Å². The summed E-state index contributed by atoms with van der Waals surface area (Å²) < 4.78 is 0. The molecule has 0 saturated carbocycles. The number of amides is 1. The second-order valence-electron chi connectivity index (χ2n) is 5.21. The Hall–Kier alpha value is -1.42. The van der Waals surface area contributed by atoms with Gasteiger partial charge in [-0.05, 0) is 37.9 Å². The van der Waals surface area contributed by atoms with E-state index in [-0.39, 0.29) is 5.91 Å². The standard InChI is InChI=1S/C14H19N3O/c18-14(11-4-3-7-15-10-11)16-12-6-9-17-8-2-1-5-13(12)17/h3-4,7,10,12-13H,1-2,5-6,8-9H2,(H,16,18)/t12-,13+/m1/s1. The van der Waals surface area contributed by atoms with E-state index in [0.29, 0.717) is 17.6 Å². The molecule has 0 aromatic carbocycles. The average molecular weight is 245 g/mol. The van der Waals surface area contributed by atoms with Crippen LogP contribution in [-0.4, -0.2) is 41.0 Å². The van der Waals surface area contributed by atoms with Crippen molar-refractivity contribution in [3.63, 3.8) is 0 Å². The summed E-state index contributed by atoms with van der Waals surface area (Å²) in [5.74, 6) is 0.0144. The molecule has 2 saturated heterocycles. The topological polar surface area (TPSA) is 45.2 Å². The summed E-state index contributed by atoms with van der Waals surface area (Å²) in [6, 6.07) is 4.49. The summed E-state index contributed by atoms with van der Waals surface area (Å²) in [5.41, 5.74) is 0.659.